The first-order chi connectivity index (χ1) is 9.15. The number of hydrogen-bond acceptors (Lipinski definition) is 4. The highest BCUT2D eigenvalue weighted by Gasteiger charge is 2.36. The lowest BCUT2D eigenvalue weighted by atomic mass is 9.80. The summed E-state index contributed by atoms with van der Waals surface area (Å²) in [6.07, 6.45) is 4.39. The van der Waals surface area contributed by atoms with Crippen LogP contribution < -0.4 is 5.32 Å². The predicted molar refractivity (Wildman–Crippen MR) is 73.3 cm³/mol. The normalized spacial score (nSPS) is 16.9. The van der Waals surface area contributed by atoms with Crippen LogP contribution in [0, 0.1) is 10.1 Å². The molecule has 1 aromatic carbocycles. The fourth-order valence-corrected chi connectivity index (χ4v) is 2.36. The van der Waals surface area contributed by atoms with Crippen LogP contribution in [0.5, 0.6) is 0 Å². The molecule has 1 fully saturated rings. The lowest BCUT2D eigenvalue weighted by Crippen LogP contribution is -2.48. The molecule has 0 saturated heterocycles. The minimum atomic E-state index is -0.374. The molecule has 1 N–H and O–H groups in total. The summed E-state index contributed by atoms with van der Waals surface area (Å²) in [5.41, 5.74) is 1.30. The molecule has 1 saturated carbocycles. The molecule has 0 aliphatic heterocycles. The highest BCUT2D eigenvalue weighted by molar-refractivity contribution is 5.32. The smallest absolute Gasteiger partial charge is 0.269 e. The van der Waals surface area contributed by atoms with Crippen LogP contribution in [0.4, 0.5) is 5.69 Å². The van der Waals surface area contributed by atoms with E-state index in [2.05, 4.69) is 5.32 Å². The van der Waals surface area contributed by atoms with E-state index >= 15 is 0 Å². The monoisotopic (exact) mass is 264 g/mol. The third-order valence-electron chi connectivity index (χ3n) is 3.88. The molecule has 19 heavy (non-hydrogen) atoms. The van der Waals surface area contributed by atoms with Gasteiger partial charge in [-0.3, -0.25) is 10.1 Å². The van der Waals surface area contributed by atoms with Crippen molar-refractivity contribution >= 4 is 5.69 Å². The van der Waals surface area contributed by atoms with Crippen molar-refractivity contribution in [2.75, 3.05) is 20.2 Å². The lowest BCUT2D eigenvalue weighted by Gasteiger charge is -2.40. The molecule has 1 aliphatic rings. The van der Waals surface area contributed by atoms with Crippen molar-refractivity contribution in [3.63, 3.8) is 0 Å². The standard InChI is InChI=1S/C14H20N2O3/c1-19-14(8-2-9-14)11-15-10-7-12-3-5-13(6-4-12)16(17)18/h3-6,15H,2,7-11H2,1H3. The number of nitro groups is 1. The Bertz CT molecular complexity index is 421. The van der Waals surface area contributed by atoms with Gasteiger partial charge >= 0.3 is 0 Å². The largest absolute Gasteiger partial charge is 0.377 e. The molecule has 0 heterocycles. The van der Waals surface area contributed by atoms with E-state index < -0.39 is 0 Å². The zero-order valence-corrected chi connectivity index (χ0v) is 11.2. The Labute approximate surface area is 113 Å². The molecule has 5 nitrogen and oxygen atoms in total. The first kappa shape index (κ1) is 14.0. The fraction of sp³-hybridized carbons (Fsp3) is 0.571. The van der Waals surface area contributed by atoms with Crippen LogP contribution in [-0.4, -0.2) is 30.7 Å². The van der Waals surface area contributed by atoms with Gasteiger partial charge in [0.2, 0.25) is 0 Å². The fourth-order valence-electron chi connectivity index (χ4n) is 2.36. The molecule has 0 bridgehead atoms. The average Bonchev–Trinajstić information content (AvgIpc) is 2.37. The maximum Gasteiger partial charge on any atom is 0.269 e. The van der Waals surface area contributed by atoms with Crippen LogP contribution >= 0.6 is 0 Å². The number of nitrogens with zero attached hydrogens (tertiary/aromatic N) is 1. The number of benzene rings is 1. The Morgan fingerprint density at radius 3 is 2.53 bits per heavy atom. The summed E-state index contributed by atoms with van der Waals surface area (Å²) in [4.78, 5) is 10.2. The van der Waals surface area contributed by atoms with Crippen molar-refractivity contribution in [3.05, 3.63) is 39.9 Å². The maximum atomic E-state index is 10.5. The first-order valence-corrected chi connectivity index (χ1v) is 6.64. The van der Waals surface area contributed by atoms with Gasteiger partial charge in [-0.2, -0.15) is 0 Å². The predicted octanol–water partition coefficient (Wildman–Crippen LogP) is 2.30. The molecule has 0 amide bonds. The quantitative estimate of drug-likeness (QED) is 0.466. The van der Waals surface area contributed by atoms with Crippen molar-refractivity contribution in [1.82, 2.24) is 5.32 Å². The summed E-state index contributed by atoms with van der Waals surface area (Å²) in [7, 11) is 1.77. The van der Waals surface area contributed by atoms with E-state index in [0.29, 0.717) is 0 Å². The minimum absolute atomic E-state index is 0.0511. The van der Waals surface area contributed by atoms with E-state index in [1.807, 2.05) is 12.1 Å². The number of non-ortho nitro benzene ring substituents is 1. The molecule has 1 aliphatic carbocycles. The molecule has 0 radical (unpaired) electrons. The number of nitro benzene ring substituents is 1. The zero-order valence-electron chi connectivity index (χ0n) is 11.2. The molecule has 0 aromatic heterocycles. The Kier molecular flexibility index (Phi) is 4.50. The summed E-state index contributed by atoms with van der Waals surface area (Å²) < 4.78 is 5.53. The summed E-state index contributed by atoms with van der Waals surface area (Å²) in [5.74, 6) is 0. The second-order valence-corrected chi connectivity index (χ2v) is 5.09. The maximum absolute atomic E-state index is 10.5. The van der Waals surface area contributed by atoms with Crippen LogP contribution in [0.25, 0.3) is 0 Å². The Morgan fingerprint density at radius 1 is 1.37 bits per heavy atom. The average molecular weight is 264 g/mol. The van der Waals surface area contributed by atoms with Gasteiger partial charge in [0.15, 0.2) is 0 Å². The first-order valence-electron chi connectivity index (χ1n) is 6.64. The summed E-state index contributed by atoms with van der Waals surface area (Å²) in [6.45, 7) is 1.75. The van der Waals surface area contributed by atoms with Crippen molar-refractivity contribution < 1.29 is 9.66 Å². The zero-order chi connectivity index (χ0) is 13.7. The van der Waals surface area contributed by atoms with Crippen LogP contribution in [0.3, 0.4) is 0 Å². The number of rotatable bonds is 7. The van der Waals surface area contributed by atoms with E-state index in [4.69, 9.17) is 4.74 Å². The summed E-state index contributed by atoms with van der Waals surface area (Å²) in [6, 6.07) is 6.74. The summed E-state index contributed by atoms with van der Waals surface area (Å²) >= 11 is 0. The van der Waals surface area contributed by atoms with E-state index in [0.717, 1.165) is 37.9 Å². The second kappa shape index (κ2) is 6.12. The lowest BCUT2D eigenvalue weighted by molar-refractivity contribution is -0.384. The van der Waals surface area contributed by atoms with Gasteiger partial charge in [0.1, 0.15) is 0 Å². The molecule has 0 atom stereocenters. The molecule has 104 valence electrons. The third kappa shape index (κ3) is 3.52. The highest BCUT2D eigenvalue weighted by Crippen LogP contribution is 2.34. The van der Waals surface area contributed by atoms with Crippen LogP contribution in [0.1, 0.15) is 24.8 Å². The highest BCUT2D eigenvalue weighted by atomic mass is 16.6. The Balaban J connectivity index is 1.72. The number of nitrogens with one attached hydrogen (secondary N) is 1. The van der Waals surface area contributed by atoms with Crippen LogP contribution in [0.2, 0.25) is 0 Å². The molecular formula is C14H20N2O3. The van der Waals surface area contributed by atoms with Crippen molar-refractivity contribution in [1.29, 1.82) is 0 Å². The van der Waals surface area contributed by atoms with Crippen molar-refractivity contribution in [3.8, 4) is 0 Å². The van der Waals surface area contributed by atoms with Crippen molar-refractivity contribution in [2.24, 2.45) is 0 Å². The van der Waals surface area contributed by atoms with Gasteiger partial charge in [-0.15, -0.1) is 0 Å². The molecule has 5 heteroatoms. The Hall–Kier alpha value is -1.46. The third-order valence-corrected chi connectivity index (χ3v) is 3.88. The number of hydrogen-bond donors (Lipinski definition) is 1. The molecule has 0 spiro atoms. The van der Waals surface area contributed by atoms with Crippen LogP contribution in [0.15, 0.2) is 24.3 Å². The molecular weight excluding hydrogens is 244 g/mol. The second-order valence-electron chi connectivity index (χ2n) is 5.09. The van der Waals surface area contributed by atoms with E-state index in [-0.39, 0.29) is 16.2 Å². The molecule has 0 unspecified atom stereocenters. The van der Waals surface area contributed by atoms with Gasteiger partial charge in [-0.25, -0.2) is 0 Å². The van der Waals surface area contributed by atoms with E-state index in [9.17, 15) is 10.1 Å². The van der Waals surface area contributed by atoms with E-state index in [1.54, 1.807) is 19.2 Å². The number of methoxy groups -OCH3 is 1. The van der Waals surface area contributed by atoms with Gasteiger partial charge in [0.05, 0.1) is 10.5 Å². The van der Waals surface area contributed by atoms with Crippen molar-refractivity contribution in [2.45, 2.75) is 31.3 Å². The Morgan fingerprint density at radius 2 is 2.05 bits per heavy atom. The molecule has 2 rings (SSSR count). The van der Waals surface area contributed by atoms with Gasteiger partial charge in [-0.1, -0.05) is 12.1 Å². The van der Waals surface area contributed by atoms with Gasteiger partial charge < -0.3 is 10.1 Å². The molecule has 1 aromatic rings. The number of ether oxygens (including phenoxy) is 1. The van der Waals surface area contributed by atoms with Gasteiger partial charge in [-0.05, 0) is 37.8 Å². The van der Waals surface area contributed by atoms with Gasteiger partial charge in [0.25, 0.3) is 5.69 Å². The van der Waals surface area contributed by atoms with E-state index in [1.165, 1.54) is 6.42 Å². The summed E-state index contributed by atoms with van der Waals surface area (Å²) in [5, 5.41) is 13.9. The van der Waals surface area contributed by atoms with Gasteiger partial charge in [0, 0.05) is 25.8 Å². The topological polar surface area (TPSA) is 64.4 Å². The SMILES string of the molecule is COC1(CNCCc2ccc([N+](=O)[O-])cc2)CCC1. The minimum Gasteiger partial charge on any atom is -0.377 e. The van der Waals surface area contributed by atoms with Crippen LogP contribution in [-0.2, 0) is 11.2 Å².